The van der Waals surface area contributed by atoms with Crippen molar-refractivity contribution >= 4 is 5.82 Å². The quantitative estimate of drug-likeness (QED) is 0.780. The molecule has 2 N–H and O–H groups in total. The van der Waals surface area contributed by atoms with Crippen molar-refractivity contribution in [3.05, 3.63) is 23.9 Å². The second-order valence-electron chi connectivity index (χ2n) is 4.00. The van der Waals surface area contributed by atoms with E-state index >= 15 is 0 Å². The molecule has 0 unspecified atom stereocenters. The average Bonchev–Trinajstić information content (AvgIpc) is 2.26. The molecule has 0 bridgehead atoms. The number of hydrogen-bond donors (Lipinski definition) is 2. The van der Waals surface area contributed by atoms with E-state index in [4.69, 9.17) is 0 Å². The summed E-state index contributed by atoms with van der Waals surface area (Å²) in [5.74, 6) is 0.829. The predicted octanol–water partition coefficient (Wildman–Crippen LogP) is 2.35. The minimum atomic E-state index is -0.620. The highest BCUT2D eigenvalue weighted by molar-refractivity contribution is 5.37. The van der Waals surface area contributed by atoms with Crippen LogP contribution in [-0.2, 0) is 0 Å². The van der Waals surface area contributed by atoms with Gasteiger partial charge in [0.1, 0.15) is 5.82 Å². The highest BCUT2D eigenvalue weighted by Gasteiger charge is 2.21. The molecule has 0 spiro atoms. The van der Waals surface area contributed by atoms with Crippen LogP contribution in [0, 0.1) is 6.92 Å². The molecule has 84 valence electrons. The van der Waals surface area contributed by atoms with Crippen molar-refractivity contribution in [2.45, 2.75) is 39.2 Å². The molecule has 0 radical (unpaired) electrons. The van der Waals surface area contributed by atoms with Crippen LogP contribution in [0.15, 0.2) is 18.3 Å². The molecular formula is C12H20N2O. The van der Waals surface area contributed by atoms with E-state index in [1.165, 1.54) is 5.56 Å². The van der Waals surface area contributed by atoms with Gasteiger partial charge in [0.25, 0.3) is 0 Å². The van der Waals surface area contributed by atoms with E-state index in [0.717, 1.165) is 18.7 Å². The van der Waals surface area contributed by atoms with Crippen LogP contribution in [0.1, 0.15) is 32.3 Å². The van der Waals surface area contributed by atoms with E-state index in [2.05, 4.69) is 10.3 Å². The average molecular weight is 208 g/mol. The first kappa shape index (κ1) is 12.0. The normalized spacial score (nSPS) is 11.5. The summed E-state index contributed by atoms with van der Waals surface area (Å²) in [6.45, 7) is 6.57. The van der Waals surface area contributed by atoms with Crippen LogP contribution < -0.4 is 5.32 Å². The fourth-order valence-electron chi connectivity index (χ4n) is 1.39. The van der Waals surface area contributed by atoms with E-state index in [9.17, 15) is 5.11 Å². The fraction of sp³-hybridized carbons (Fsp3) is 0.583. The Hall–Kier alpha value is -1.09. The first-order valence-corrected chi connectivity index (χ1v) is 5.48. The zero-order chi connectivity index (χ0) is 11.3. The van der Waals surface area contributed by atoms with Gasteiger partial charge >= 0.3 is 0 Å². The van der Waals surface area contributed by atoms with E-state index < -0.39 is 5.60 Å². The van der Waals surface area contributed by atoms with Crippen LogP contribution in [0.3, 0.4) is 0 Å². The molecule has 1 rings (SSSR count). The molecule has 1 aromatic heterocycles. The number of anilines is 1. The lowest BCUT2D eigenvalue weighted by atomic mass is 9.98. The van der Waals surface area contributed by atoms with Crippen LogP contribution in [-0.4, -0.2) is 22.2 Å². The smallest absolute Gasteiger partial charge is 0.126 e. The molecule has 1 aromatic rings. The van der Waals surface area contributed by atoms with Crippen LogP contribution in [0.5, 0.6) is 0 Å². The van der Waals surface area contributed by atoms with E-state index in [1.54, 1.807) is 6.20 Å². The summed E-state index contributed by atoms with van der Waals surface area (Å²) in [7, 11) is 0. The summed E-state index contributed by atoms with van der Waals surface area (Å²) in [6, 6.07) is 3.93. The van der Waals surface area contributed by atoms with Gasteiger partial charge in [-0.25, -0.2) is 4.98 Å². The van der Waals surface area contributed by atoms with Gasteiger partial charge in [-0.15, -0.1) is 0 Å². The predicted molar refractivity (Wildman–Crippen MR) is 63.0 cm³/mol. The molecule has 3 nitrogen and oxygen atoms in total. The Kier molecular flexibility index (Phi) is 4.09. The lowest BCUT2D eigenvalue weighted by Gasteiger charge is -2.25. The molecule has 1 heterocycles. The zero-order valence-electron chi connectivity index (χ0n) is 9.75. The summed E-state index contributed by atoms with van der Waals surface area (Å²) in [6.07, 6.45) is 3.28. The molecule has 0 aliphatic carbocycles. The maximum Gasteiger partial charge on any atom is 0.126 e. The molecule has 0 amide bonds. The monoisotopic (exact) mass is 208 g/mol. The molecule has 3 heteroatoms. The van der Waals surface area contributed by atoms with Crippen molar-refractivity contribution < 1.29 is 5.11 Å². The maximum absolute atomic E-state index is 10.1. The SMILES string of the molecule is CCC(O)(CC)CNc1cc(C)ccn1. The van der Waals surface area contributed by atoms with E-state index in [1.807, 2.05) is 32.9 Å². The summed E-state index contributed by atoms with van der Waals surface area (Å²) < 4.78 is 0. The first-order valence-electron chi connectivity index (χ1n) is 5.48. The Bertz CT molecular complexity index is 308. The van der Waals surface area contributed by atoms with Crippen molar-refractivity contribution in [3.8, 4) is 0 Å². The van der Waals surface area contributed by atoms with E-state index in [0.29, 0.717) is 6.54 Å². The molecule has 0 saturated heterocycles. The van der Waals surface area contributed by atoms with Crippen molar-refractivity contribution in [3.63, 3.8) is 0 Å². The van der Waals surface area contributed by atoms with Crippen molar-refractivity contribution in [1.82, 2.24) is 4.98 Å². The number of pyridine rings is 1. The Balaban J connectivity index is 2.56. The lowest BCUT2D eigenvalue weighted by Crippen LogP contribution is -2.35. The molecule has 0 atom stereocenters. The number of nitrogens with one attached hydrogen (secondary N) is 1. The molecule has 0 aliphatic rings. The highest BCUT2D eigenvalue weighted by Crippen LogP contribution is 2.15. The van der Waals surface area contributed by atoms with Crippen LogP contribution in [0.4, 0.5) is 5.82 Å². The number of aromatic nitrogens is 1. The molecule has 15 heavy (non-hydrogen) atoms. The number of aryl methyl sites for hydroxylation is 1. The summed E-state index contributed by atoms with van der Waals surface area (Å²) in [4.78, 5) is 4.19. The molecule has 0 saturated carbocycles. The minimum absolute atomic E-state index is 0.552. The summed E-state index contributed by atoms with van der Waals surface area (Å²) in [5.41, 5.74) is 0.551. The van der Waals surface area contributed by atoms with E-state index in [-0.39, 0.29) is 0 Å². The van der Waals surface area contributed by atoms with Gasteiger partial charge in [0.2, 0.25) is 0 Å². The zero-order valence-corrected chi connectivity index (χ0v) is 9.75. The molecular weight excluding hydrogens is 188 g/mol. The Morgan fingerprint density at radius 3 is 2.60 bits per heavy atom. The molecule has 0 aliphatic heterocycles. The van der Waals surface area contributed by atoms with Crippen LogP contribution >= 0.6 is 0 Å². The second kappa shape index (κ2) is 5.12. The third-order valence-corrected chi connectivity index (χ3v) is 2.83. The maximum atomic E-state index is 10.1. The first-order chi connectivity index (χ1) is 7.09. The summed E-state index contributed by atoms with van der Waals surface area (Å²) in [5, 5.41) is 13.2. The number of hydrogen-bond acceptors (Lipinski definition) is 3. The Morgan fingerprint density at radius 1 is 1.40 bits per heavy atom. The van der Waals surface area contributed by atoms with Gasteiger partial charge in [-0.1, -0.05) is 13.8 Å². The Labute approximate surface area is 91.5 Å². The van der Waals surface area contributed by atoms with Gasteiger partial charge in [-0.3, -0.25) is 0 Å². The number of nitrogens with zero attached hydrogens (tertiary/aromatic N) is 1. The number of aliphatic hydroxyl groups is 1. The molecule has 0 fully saturated rings. The number of rotatable bonds is 5. The van der Waals surface area contributed by atoms with Crippen molar-refractivity contribution in [1.29, 1.82) is 0 Å². The van der Waals surface area contributed by atoms with Gasteiger partial charge in [0.15, 0.2) is 0 Å². The van der Waals surface area contributed by atoms with Crippen molar-refractivity contribution in [2.24, 2.45) is 0 Å². The van der Waals surface area contributed by atoms with Crippen LogP contribution in [0.25, 0.3) is 0 Å². The highest BCUT2D eigenvalue weighted by atomic mass is 16.3. The standard InChI is InChI=1S/C12H20N2O/c1-4-12(15,5-2)9-14-11-8-10(3)6-7-13-11/h6-8,15H,4-5,9H2,1-3H3,(H,13,14). The Morgan fingerprint density at radius 2 is 2.07 bits per heavy atom. The third-order valence-electron chi connectivity index (χ3n) is 2.83. The topological polar surface area (TPSA) is 45.1 Å². The van der Waals surface area contributed by atoms with Gasteiger partial charge in [0.05, 0.1) is 5.60 Å². The van der Waals surface area contributed by atoms with Gasteiger partial charge in [-0.2, -0.15) is 0 Å². The van der Waals surface area contributed by atoms with Crippen molar-refractivity contribution in [2.75, 3.05) is 11.9 Å². The minimum Gasteiger partial charge on any atom is -0.388 e. The third kappa shape index (κ3) is 3.51. The largest absolute Gasteiger partial charge is 0.388 e. The second-order valence-corrected chi connectivity index (χ2v) is 4.00. The van der Waals surface area contributed by atoms with Gasteiger partial charge in [-0.05, 0) is 37.5 Å². The molecule has 0 aromatic carbocycles. The summed E-state index contributed by atoms with van der Waals surface area (Å²) >= 11 is 0. The van der Waals surface area contributed by atoms with Crippen LogP contribution in [0.2, 0.25) is 0 Å². The fourth-order valence-corrected chi connectivity index (χ4v) is 1.39. The lowest BCUT2D eigenvalue weighted by molar-refractivity contribution is 0.0456. The van der Waals surface area contributed by atoms with Gasteiger partial charge in [0, 0.05) is 12.7 Å². The van der Waals surface area contributed by atoms with Gasteiger partial charge < -0.3 is 10.4 Å².